The van der Waals surface area contributed by atoms with Gasteiger partial charge in [0.05, 0.1) is 17.5 Å². The highest BCUT2D eigenvalue weighted by Gasteiger charge is 2.59. The Labute approximate surface area is 115 Å². The van der Waals surface area contributed by atoms with E-state index >= 15 is 0 Å². The van der Waals surface area contributed by atoms with Crippen molar-refractivity contribution in [2.24, 2.45) is 23.7 Å². The molecule has 3 aliphatic rings. The summed E-state index contributed by atoms with van der Waals surface area (Å²) in [4.78, 5) is 26.4. The summed E-state index contributed by atoms with van der Waals surface area (Å²) < 4.78 is 0. The number of amides is 2. The average Bonchev–Trinajstić information content (AvgIpc) is 3.06. The summed E-state index contributed by atoms with van der Waals surface area (Å²) in [6.45, 7) is 0. The molecule has 1 aromatic carbocycles. The van der Waals surface area contributed by atoms with Crippen LogP contribution in [0.3, 0.4) is 0 Å². The molecule has 1 heterocycles. The Hall–Kier alpha value is -1.61. The molecule has 0 N–H and O–H groups in total. The summed E-state index contributed by atoms with van der Waals surface area (Å²) in [6.07, 6.45) is 5.16. The molecule has 1 saturated carbocycles. The molecule has 0 aromatic heterocycles. The van der Waals surface area contributed by atoms with E-state index in [4.69, 9.17) is 11.6 Å². The van der Waals surface area contributed by atoms with Crippen molar-refractivity contribution in [3.63, 3.8) is 0 Å². The standard InChI is InChI=1S/C15H12ClNO2/c16-10-3-5-11(6-4-10)17-14(18)12-8-1-2-9(7-8)13(12)15(17)19/h1-6,8-9,12-13H,7H2/t8-,9-,12+,13?/m0/s1. The quantitative estimate of drug-likeness (QED) is 0.583. The number of benzene rings is 1. The number of rotatable bonds is 1. The molecule has 1 aliphatic heterocycles. The molecule has 1 saturated heterocycles. The lowest BCUT2D eigenvalue weighted by Gasteiger charge is -2.17. The molecule has 2 bridgehead atoms. The minimum absolute atomic E-state index is 0.0471. The number of halogens is 1. The number of hydrogen-bond donors (Lipinski definition) is 0. The van der Waals surface area contributed by atoms with Gasteiger partial charge in [-0.25, -0.2) is 0 Å². The maximum Gasteiger partial charge on any atom is 0.238 e. The molecular weight excluding hydrogens is 262 g/mol. The van der Waals surface area contributed by atoms with Crippen LogP contribution in [0.2, 0.25) is 5.02 Å². The van der Waals surface area contributed by atoms with E-state index in [0.717, 1.165) is 6.42 Å². The van der Waals surface area contributed by atoms with E-state index in [-0.39, 0.29) is 35.5 Å². The van der Waals surface area contributed by atoms with Crippen molar-refractivity contribution in [1.29, 1.82) is 0 Å². The Morgan fingerprint density at radius 1 is 0.947 bits per heavy atom. The van der Waals surface area contributed by atoms with E-state index in [0.29, 0.717) is 10.7 Å². The van der Waals surface area contributed by atoms with Gasteiger partial charge in [0.2, 0.25) is 11.8 Å². The van der Waals surface area contributed by atoms with Crippen LogP contribution in [0.15, 0.2) is 36.4 Å². The molecule has 1 unspecified atom stereocenters. The van der Waals surface area contributed by atoms with Gasteiger partial charge in [-0.15, -0.1) is 0 Å². The first-order valence-electron chi connectivity index (χ1n) is 6.48. The first kappa shape index (κ1) is 11.2. The maximum absolute atomic E-state index is 12.5. The summed E-state index contributed by atoms with van der Waals surface area (Å²) in [5, 5.41) is 0.602. The second kappa shape index (κ2) is 3.70. The third-order valence-corrected chi connectivity index (χ3v) is 4.81. The minimum Gasteiger partial charge on any atom is -0.274 e. The molecule has 3 nitrogen and oxygen atoms in total. The van der Waals surface area contributed by atoms with Crippen LogP contribution in [0.25, 0.3) is 0 Å². The van der Waals surface area contributed by atoms with Crippen LogP contribution in [0.5, 0.6) is 0 Å². The molecule has 4 atom stereocenters. The van der Waals surface area contributed by atoms with Crippen molar-refractivity contribution >= 4 is 29.1 Å². The Bertz CT molecular complexity index is 577. The van der Waals surface area contributed by atoms with E-state index in [1.807, 2.05) is 0 Å². The summed E-state index contributed by atoms with van der Waals surface area (Å²) in [6, 6.07) is 6.87. The van der Waals surface area contributed by atoms with Crippen molar-refractivity contribution in [2.75, 3.05) is 4.90 Å². The lowest BCUT2D eigenvalue weighted by Crippen LogP contribution is -2.32. The third kappa shape index (κ3) is 1.39. The fourth-order valence-electron chi connectivity index (χ4n) is 3.75. The summed E-state index contributed by atoms with van der Waals surface area (Å²) >= 11 is 5.84. The number of carbonyl (C=O) groups is 2. The Morgan fingerprint density at radius 2 is 1.47 bits per heavy atom. The lowest BCUT2D eigenvalue weighted by atomic mass is 9.85. The van der Waals surface area contributed by atoms with Gasteiger partial charge in [0.1, 0.15) is 0 Å². The third-order valence-electron chi connectivity index (χ3n) is 4.56. The summed E-state index contributed by atoms with van der Waals surface area (Å²) in [7, 11) is 0. The van der Waals surface area contributed by atoms with Gasteiger partial charge in [0.25, 0.3) is 0 Å². The minimum atomic E-state index is -0.141. The number of anilines is 1. The highest BCUT2D eigenvalue weighted by molar-refractivity contribution is 6.30. The number of hydrogen-bond acceptors (Lipinski definition) is 2. The van der Waals surface area contributed by atoms with Crippen LogP contribution in [0, 0.1) is 23.7 Å². The molecule has 1 aromatic rings. The molecule has 19 heavy (non-hydrogen) atoms. The molecule has 4 rings (SSSR count). The second-order valence-electron chi connectivity index (χ2n) is 5.49. The van der Waals surface area contributed by atoms with Gasteiger partial charge in [-0.05, 0) is 42.5 Å². The topological polar surface area (TPSA) is 37.4 Å². The van der Waals surface area contributed by atoms with Crippen LogP contribution in [-0.4, -0.2) is 11.8 Å². The molecule has 0 spiro atoms. The average molecular weight is 274 g/mol. The van der Waals surface area contributed by atoms with E-state index in [9.17, 15) is 9.59 Å². The van der Waals surface area contributed by atoms with E-state index < -0.39 is 0 Å². The monoisotopic (exact) mass is 273 g/mol. The Kier molecular flexibility index (Phi) is 2.19. The van der Waals surface area contributed by atoms with Gasteiger partial charge in [0, 0.05) is 5.02 Å². The number of carbonyl (C=O) groups excluding carboxylic acids is 2. The molecule has 96 valence electrons. The molecule has 2 aliphatic carbocycles. The number of imide groups is 1. The van der Waals surface area contributed by atoms with Gasteiger partial charge in [-0.3, -0.25) is 14.5 Å². The van der Waals surface area contributed by atoms with E-state index in [1.54, 1.807) is 24.3 Å². The molecule has 0 radical (unpaired) electrons. The first-order chi connectivity index (χ1) is 9.16. The van der Waals surface area contributed by atoms with Crippen LogP contribution in [0.1, 0.15) is 6.42 Å². The van der Waals surface area contributed by atoms with Crippen LogP contribution < -0.4 is 4.90 Å². The normalized spacial score (nSPS) is 35.3. The molecule has 2 fully saturated rings. The molecular formula is C15H12ClNO2. The van der Waals surface area contributed by atoms with Crippen molar-refractivity contribution in [2.45, 2.75) is 6.42 Å². The van der Waals surface area contributed by atoms with Crippen molar-refractivity contribution in [1.82, 2.24) is 0 Å². The largest absolute Gasteiger partial charge is 0.274 e. The van der Waals surface area contributed by atoms with Gasteiger partial charge in [-0.1, -0.05) is 23.8 Å². The van der Waals surface area contributed by atoms with Crippen molar-refractivity contribution < 1.29 is 9.59 Å². The zero-order valence-corrected chi connectivity index (χ0v) is 10.9. The SMILES string of the molecule is O=C1C2[C@H]3C=C[C@@H](C3)[C@H]2C(=O)N1c1ccc(Cl)cc1. The van der Waals surface area contributed by atoms with Crippen LogP contribution in [0.4, 0.5) is 5.69 Å². The van der Waals surface area contributed by atoms with Crippen molar-refractivity contribution in [3.05, 3.63) is 41.4 Å². The lowest BCUT2D eigenvalue weighted by molar-refractivity contribution is -0.123. The highest BCUT2D eigenvalue weighted by Crippen LogP contribution is 2.53. The Morgan fingerprint density at radius 3 is 2.00 bits per heavy atom. The van der Waals surface area contributed by atoms with Crippen LogP contribution in [-0.2, 0) is 9.59 Å². The predicted octanol–water partition coefficient (Wildman–Crippen LogP) is 2.65. The zero-order chi connectivity index (χ0) is 13.1. The number of fused-ring (bicyclic) bond motifs is 5. The highest BCUT2D eigenvalue weighted by atomic mass is 35.5. The summed E-state index contributed by atoms with van der Waals surface area (Å²) in [5.41, 5.74) is 0.633. The van der Waals surface area contributed by atoms with Gasteiger partial charge in [-0.2, -0.15) is 0 Å². The maximum atomic E-state index is 12.5. The Balaban J connectivity index is 1.74. The number of allylic oxidation sites excluding steroid dienone is 2. The number of nitrogens with zero attached hydrogens (tertiary/aromatic N) is 1. The molecule has 2 amide bonds. The fourth-order valence-corrected chi connectivity index (χ4v) is 3.87. The van der Waals surface area contributed by atoms with Crippen LogP contribution >= 0.6 is 11.6 Å². The summed E-state index contributed by atoms with van der Waals surface area (Å²) in [5.74, 6) is 0.132. The fraction of sp³-hybridized carbons (Fsp3) is 0.333. The van der Waals surface area contributed by atoms with E-state index in [2.05, 4.69) is 12.2 Å². The second-order valence-corrected chi connectivity index (χ2v) is 5.92. The van der Waals surface area contributed by atoms with E-state index in [1.165, 1.54) is 4.90 Å². The first-order valence-corrected chi connectivity index (χ1v) is 6.86. The predicted molar refractivity (Wildman–Crippen MR) is 71.7 cm³/mol. The van der Waals surface area contributed by atoms with Gasteiger partial charge < -0.3 is 0 Å². The van der Waals surface area contributed by atoms with Gasteiger partial charge >= 0.3 is 0 Å². The smallest absolute Gasteiger partial charge is 0.238 e. The zero-order valence-electron chi connectivity index (χ0n) is 10.1. The molecule has 4 heteroatoms. The van der Waals surface area contributed by atoms with Crippen molar-refractivity contribution in [3.8, 4) is 0 Å². The van der Waals surface area contributed by atoms with Gasteiger partial charge in [0.15, 0.2) is 0 Å².